The number of benzene rings is 3. The fourth-order valence-electron chi connectivity index (χ4n) is 3.17. The molecule has 6 nitrogen and oxygen atoms in total. The Bertz CT molecular complexity index is 980. The van der Waals surface area contributed by atoms with Gasteiger partial charge in [-0.1, -0.05) is 42.5 Å². The fraction of sp³-hybridized carbons (Fsp3) is 0.208. The van der Waals surface area contributed by atoms with E-state index in [4.69, 9.17) is 24.1 Å². The van der Waals surface area contributed by atoms with Crippen molar-refractivity contribution in [2.75, 3.05) is 19.8 Å². The maximum atomic E-state index is 10.8. The van der Waals surface area contributed by atoms with Crippen LogP contribution in [-0.4, -0.2) is 30.9 Å². The molecule has 1 saturated heterocycles. The Morgan fingerprint density at radius 3 is 2.30 bits per heavy atom. The summed E-state index contributed by atoms with van der Waals surface area (Å²) in [4.78, 5) is 10.8. The number of ether oxygens (including phenoxy) is 4. The molecule has 0 aromatic heterocycles. The Balaban J connectivity index is 1.36. The topological polar surface area (TPSA) is 74.2 Å². The Morgan fingerprint density at radius 2 is 1.63 bits per heavy atom. The molecule has 0 bridgehead atoms. The van der Waals surface area contributed by atoms with Crippen LogP contribution in [0.1, 0.15) is 11.1 Å². The number of carbonyl (C=O) groups is 1. The zero-order valence-electron chi connectivity index (χ0n) is 16.3. The van der Waals surface area contributed by atoms with Gasteiger partial charge in [-0.25, -0.2) is 4.79 Å². The lowest BCUT2D eigenvalue weighted by Gasteiger charge is -2.41. The minimum atomic E-state index is -1.00. The molecule has 0 aliphatic carbocycles. The van der Waals surface area contributed by atoms with E-state index in [1.165, 1.54) is 0 Å². The summed E-state index contributed by atoms with van der Waals surface area (Å²) in [5.74, 6) is 1.24. The highest BCUT2D eigenvalue weighted by Gasteiger charge is 2.42. The van der Waals surface area contributed by atoms with E-state index >= 15 is 0 Å². The third-order valence-corrected chi connectivity index (χ3v) is 4.81. The van der Waals surface area contributed by atoms with Gasteiger partial charge in [0.05, 0.1) is 13.2 Å². The number of hydrogen-bond acceptors (Lipinski definition) is 5. The van der Waals surface area contributed by atoms with Gasteiger partial charge in [-0.15, -0.1) is 0 Å². The standard InChI is InChI=1S/C24H22O6/c25-23(26)15-29-24(16-27-17-24)19-9-11-20(12-10-19)28-14-18-5-4-8-22(13-18)30-21-6-2-1-3-7-21/h1-13H,14-17H2,(H,25,26). The Kier molecular flexibility index (Phi) is 5.97. The smallest absolute Gasteiger partial charge is 0.329 e. The third kappa shape index (κ3) is 4.79. The lowest BCUT2D eigenvalue weighted by atomic mass is 9.91. The first-order chi connectivity index (χ1) is 14.6. The van der Waals surface area contributed by atoms with Crippen LogP contribution in [0.5, 0.6) is 17.2 Å². The summed E-state index contributed by atoms with van der Waals surface area (Å²) in [6.07, 6.45) is 0. The maximum Gasteiger partial charge on any atom is 0.329 e. The van der Waals surface area contributed by atoms with E-state index in [1.54, 1.807) is 0 Å². The summed E-state index contributed by atoms with van der Waals surface area (Å²) in [6.45, 7) is 0.724. The van der Waals surface area contributed by atoms with Gasteiger partial charge in [0.15, 0.2) is 0 Å². The normalized spacial score (nSPS) is 14.5. The molecule has 3 aromatic rings. The van der Waals surface area contributed by atoms with E-state index in [1.807, 2.05) is 78.9 Å². The quantitative estimate of drug-likeness (QED) is 0.568. The van der Waals surface area contributed by atoms with Crippen LogP contribution >= 0.6 is 0 Å². The van der Waals surface area contributed by atoms with Crippen molar-refractivity contribution >= 4 is 5.97 Å². The number of hydrogen-bond donors (Lipinski definition) is 1. The number of para-hydroxylation sites is 1. The van der Waals surface area contributed by atoms with E-state index in [0.717, 1.165) is 22.6 Å². The minimum Gasteiger partial charge on any atom is -0.489 e. The average Bonchev–Trinajstić information content (AvgIpc) is 2.73. The average molecular weight is 406 g/mol. The number of carboxylic acids is 1. The molecule has 0 radical (unpaired) electrons. The highest BCUT2D eigenvalue weighted by molar-refractivity contribution is 5.68. The zero-order valence-corrected chi connectivity index (χ0v) is 16.3. The largest absolute Gasteiger partial charge is 0.489 e. The molecular formula is C24H22O6. The fourth-order valence-corrected chi connectivity index (χ4v) is 3.17. The molecule has 1 N–H and O–H groups in total. The number of rotatable bonds is 9. The summed E-state index contributed by atoms with van der Waals surface area (Å²) in [5, 5.41) is 8.87. The molecule has 0 atom stereocenters. The molecule has 1 heterocycles. The molecule has 4 rings (SSSR count). The molecule has 0 spiro atoms. The van der Waals surface area contributed by atoms with E-state index in [9.17, 15) is 4.79 Å². The maximum absolute atomic E-state index is 10.8. The number of aliphatic carboxylic acids is 1. The first kappa shape index (κ1) is 19.9. The molecule has 0 amide bonds. The van der Waals surface area contributed by atoms with E-state index < -0.39 is 11.6 Å². The Morgan fingerprint density at radius 1 is 0.900 bits per heavy atom. The monoisotopic (exact) mass is 406 g/mol. The first-order valence-electron chi connectivity index (χ1n) is 9.62. The van der Waals surface area contributed by atoms with Crippen molar-refractivity contribution in [2.45, 2.75) is 12.2 Å². The van der Waals surface area contributed by atoms with Crippen molar-refractivity contribution in [2.24, 2.45) is 0 Å². The molecule has 3 aromatic carbocycles. The van der Waals surface area contributed by atoms with Crippen LogP contribution in [0.25, 0.3) is 0 Å². The highest BCUT2D eigenvalue weighted by atomic mass is 16.6. The number of carboxylic acid groups (broad SMARTS) is 1. The van der Waals surface area contributed by atoms with Crippen LogP contribution in [0.15, 0.2) is 78.9 Å². The molecule has 0 saturated carbocycles. The summed E-state index contributed by atoms with van der Waals surface area (Å²) in [7, 11) is 0. The van der Waals surface area contributed by atoms with Gasteiger partial charge in [-0.05, 0) is 47.5 Å². The predicted octanol–water partition coefficient (Wildman–Crippen LogP) is 4.38. The highest BCUT2D eigenvalue weighted by Crippen LogP contribution is 2.34. The van der Waals surface area contributed by atoms with Crippen molar-refractivity contribution in [3.63, 3.8) is 0 Å². The molecule has 1 aliphatic rings. The first-order valence-corrected chi connectivity index (χ1v) is 9.62. The summed E-state index contributed by atoms with van der Waals surface area (Å²) in [6, 6.07) is 24.8. The van der Waals surface area contributed by atoms with Crippen LogP contribution in [0.2, 0.25) is 0 Å². The Labute approximate surface area is 174 Å². The second kappa shape index (κ2) is 8.98. The van der Waals surface area contributed by atoms with E-state index in [2.05, 4.69) is 0 Å². The van der Waals surface area contributed by atoms with Crippen LogP contribution in [0.3, 0.4) is 0 Å². The SMILES string of the molecule is O=C(O)COC1(c2ccc(OCc3cccc(Oc4ccccc4)c3)cc2)COC1. The zero-order chi connectivity index (χ0) is 20.8. The van der Waals surface area contributed by atoms with Crippen LogP contribution in [0.4, 0.5) is 0 Å². The second-order valence-electron chi connectivity index (χ2n) is 7.05. The van der Waals surface area contributed by atoms with Gasteiger partial charge >= 0.3 is 5.97 Å². The van der Waals surface area contributed by atoms with Gasteiger partial charge in [0.2, 0.25) is 0 Å². The molecule has 154 valence electrons. The Hall–Kier alpha value is -3.35. The lowest BCUT2D eigenvalue weighted by Crippen LogP contribution is -2.49. The molecule has 30 heavy (non-hydrogen) atoms. The summed E-state index contributed by atoms with van der Waals surface area (Å²) < 4.78 is 22.6. The van der Waals surface area contributed by atoms with Crippen LogP contribution < -0.4 is 9.47 Å². The van der Waals surface area contributed by atoms with Gasteiger partial charge in [0.1, 0.15) is 36.1 Å². The molecule has 0 unspecified atom stereocenters. The molecule has 6 heteroatoms. The van der Waals surface area contributed by atoms with Gasteiger partial charge < -0.3 is 24.1 Å². The summed E-state index contributed by atoms with van der Waals surface area (Å²) >= 11 is 0. The minimum absolute atomic E-state index is 0.342. The van der Waals surface area contributed by atoms with Crippen molar-refractivity contribution in [3.8, 4) is 17.2 Å². The van der Waals surface area contributed by atoms with Gasteiger partial charge in [-0.2, -0.15) is 0 Å². The van der Waals surface area contributed by atoms with Crippen molar-refractivity contribution in [3.05, 3.63) is 90.0 Å². The molecule has 1 fully saturated rings. The molecular weight excluding hydrogens is 384 g/mol. The van der Waals surface area contributed by atoms with Crippen molar-refractivity contribution < 1.29 is 28.8 Å². The summed E-state index contributed by atoms with van der Waals surface area (Å²) in [5.41, 5.74) is 1.17. The predicted molar refractivity (Wildman–Crippen MR) is 110 cm³/mol. The van der Waals surface area contributed by atoms with Gasteiger partial charge in [0.25, 0.3) is 0 Å². The lowest BCUT2D eigenvalue weighted by molar-refractivity contribution is -0.220. The van der Waals surface area contributed by atoms with Gasteiger partial charge in [0, 0.05) is 0 Å². The van der Waals surface area contributed by atoms with Crippen LogP contribution in [-0.2, 0) is 26.5 Å². The molecule has 1 aliphatic heterocycles. The second-order valence-corrected chi connectivity index (χ2v) is 7.05. The third-order valence-electron chi connectivity index (χ3n) is 4.81. The van der Waals surface area contributed by atoms with Crippen molar-refractivity contribution in [1.82, 2.24) is 0 Å². The van der Waals surface area contributed by atoms with E-state index in [-0.39, 0.29) is 6.61 Å². The van der Waals surface area contributed by atoms with Crippen molar-refractivity contribution in [1.29, 1.82) is 0 Å². The van der Waals surface area contributed by atoms with Gasteiger partial charge in [-0.3, -0.25) is 0 Å². The van der Waals surface area contributed by atoms with E-state index in [0.29, 0.717) is 25.6 Å². The van der Waals surface area contributed by atoms with Crippen LogP contribution in [0, 0.1) is 0 Å².